The second-order valence-electron chi connectivity index (χ2n) is 4.40. The summed E-state index contributed by atoms with van der Waals surface area (Å²) in [5.74, 6) is 1.23. The van der Waals surface area contributed by atoms with Crippen LogP contribution < -0.4 is 5.32 Å². The Hall–Kier alpha value is -1.95. The van der Waals surface area contributed by atoms with Crippen molar-refractivity contribution in [3.8, 4) is 11.4 Å². The number of amides is 1. The number of hydrogen-bond donors (Lipinski definition) is 1. The van der Waals surface area contributed by atoms with Crippen LogP contribution in [-0.4, -0.2) is 32.0 Å². The molecule has 1 amide bonds. The number of anilines is 1. The Labute approximate surface area is 122 Å². The number of aryl methyl sites for hydroxylation is 1. The lowest BCUT2D eigenvalue weighted by Crippen LogP contribution is -2.11. The third kappa shape index (κ3) is 3.77. The van der Waals surface area contributed by atoms with Crippen molar-refractivity contribution >= 4 is 23.2 Å². The highest BCUT2D eigenvalue weighted by molar-refractivity contribution is 6.17. The molecule has 0 spiro atoms. The molecule has 7 heteroatoms. The van der Waals surface area contributed by atoms with Crippen molar-refractivity contribution in [1.82, 2.24) is 20.2 Å². The lowest BCUT2D eigenvalue weighted by molar-refractivity contribution is -0.116. The van der Waals surface area contributed by atoms with E-state index < -0.39 is 0 Å². The Bertz CT molecular complexity index is 584. The summed E-state index contributed by atoms with van der Waals surface area (Å²) in [5.41, 5.74) is 1.59. The van der Waals surface area contributed by atoms with Gasteiger partial charge in [0.2, 0.25) is 5.91 Å². The molecule has 0 fully saturated rings. The third-order valence-electron chi connectivity index (χ3n) is 2.81. The predicted octanol–water partition coefficient (Wildman–Crippen LogP) is 2.22. The van der Waals surface area contributed by atoms with Crippen LogP contribution in [0.1, 0.15) is 19.3 Å². The van der Waals surface area contributed by atoms with E-state index in [1.807, 2.05) is 24.3 Å². The number of hydrogen-bond acceptors (Lipinski definition) is 4. The molecular weight excluding hydrogens is 278 g/mol. The van der Waals surface area contributed by atoms with Crippen LogP contribution in [0, 0.1) is 0 Å². The Morgan fingerprint density at radius 2 is 2.25 bits per heavy atom. The van der Waals surface area contributed by atoms with Crippen LogP contribution in [0.15, 0.2) is 24.3 Å². The van der Waals surface area contributed by atoms with E-state index in [9.17, 15) is 4.79 Å². The molecule has 0 saturated heterocycles. The van der Waals surface area contributed by atoms with Gasteiger partial charge in [0.15, 0.2) is 5.82 Å². The van der Waals surface area contributed by atoms with Crippen molar-refractivity contribution in [2.24, 2.45) is 7.05 Å². The minimum atomic E-state index is -0.0108. The monoisotopic (exact) mass is 293 g/mol. The van der Waals surface area contributed by atoms with Crippen molar-refractivity contribution < 1.29 is 4.79 Å². The normalized spacial score (nSPS) is 10.5. The number of nitrogens with zero attached hydrogens (tertiary/aromatic N) is 4. The van der Waals surface area contributed by atoms with Gasteiger partial charge in [-0.2, -0.15) is 0 Å². The lowest BCUT2D eigenvalue weighted by Gasteiger charge is -2.06. The molecule has 0 atom stereocenters. The molecular formula is C13H16ClN5O. The van der Waals surface area contributed by atoms with Crippen LogP contribution in [0.25, 0.3) is 11.4 Å². The highest BCUT2D eigenvalue weighted by atomic mass is 35.5. The molecule has 6 nitrogen and oxygen atoms in total. The second kappa shape index (κ2) is 7.00. The quantitative estimate of drug-likeness (QED) is 0.655. The third-order valence-corrected chi connectivity index (χ3v) is 3.08. The number of unbranched alkanes of at least 4 members (excludes halogenated alkanes) is 1. The first-order valence-electron chi connectivity index (χ1n) is 6.39. The van der Waals surface area contributed by atoms with E-state index in [1.165, 1.54) is 0 Å². The molecule has 0 radical (unpaired) electrons. The number of benzene rings is 1. The number of rotatable bonds is 6. The summed E-state index contributed by atoms with van der Waals surface area (Å²) in [5, 5.41) is 14.2. The standard InChI is InChI=1S/C13H16ClN5O/c1-19-13(16-17-18-19)10-5-4-6-11(9-10)15-12(20)7-2-3-8-14/h4-6,9H,2-3,7-8H2,1H3,(H,15,20). The number of tetrazole rings is 1. The summed E-state index contributed by atoms with van der Waals surface area (Å²) in [7, 11) is 1.77. The van der Waals surface area contributed by atoms with Crippen LogP contribution in [0.3, 0.4) is 0 Å². The topological polar surface area (TPSA) is 72.7 Å². The molecule has 0 aliphatic heterocycles. The Morgan fingerprint density at radius 1 is 1.40 bits per heavy atom. The number of carbonyl (C=O) groups excluding carboxylic acids is 1. The van der Waals surface area contributed by atoms with E-state index >= 15 is 0 Å². The largest absolute Gasteiger partial charge is 0.326 e. The first kappa shape index (κ1) is 14.5. The zero-order valence-electron chi connectivity index (χ0n) is 11.2. The van der Waals surface area contributed by atoms with Crippen molar-refractivity contribution in [3.05, 3.63) is 24.3 Å². The maximum Gasteiger partial charge on any atom is 0.224 e. The van der Waals surface area contributed by atoms with E-state index in [4.69, 9.17) is 11.6 Å². The Kier molecular flexibility index (Phi) is 5.06. The molecule has 106 valence electrons. The molecule has 0 aliphatic carbocycles. The molecule has 2 rings (SSSR count). The van der Waals surface area contributed by atoms with Gasteiger partial charge in [-0.25, -0.2) is 4.68 Å². The van der Waals surface area contributed by atoms with Crippen LogP contribution in [-0.2, 0) is 11.8 Å². The fourth-order valence-electron chi connectivity index (χ4n) is 1.81. The van der Waals surface area contributed by atoms with Gasteiger partial charge in [-0.15, -0.1) is 16.7 Å². The first-order valence-corrected chi connectivity index (χ1v) is 6.93. The van der Waals surface area contributed by atoms with Gasteiger partial charge >= 0.3 is 0 Å². The smallest absolute Gasteiger partial charge is 0.224 e. The van der Waals surface area contributed by atoms with Crippen molar-refractivity contribution in [2.75, 3.05) is 11.2 Å². The van der Waals surface area contributed by atoms with Gasteiger partial charge in [-0.3, -0.25) is 4.79 Å². The summed E-state index contributed by atoms with van der Waals surface area (Å²) >= 11 is 5.59. The molecule has 0 unspecified atom stereocenters. The SMILES string of the molecule is Cn1nnnc1-c1cccc(NC(=O)CCCCCl)c1. The van der Waals surface area contributed by atoms with Crippen molar-refractivity contribution in [2.45, 2.75) is 19.3 Å². The van der Waals surface area contributed by atoms with Gasteiger partial charge in [0.25, 0.3) is 0 Å². The highest BCUT2D eigenvalue weighted by Crippen LogP contribution is 2.19. The molecule has 2 aromatic rings. The molecule has 1 aromatic carbocycles. The minimum Gasteiger partial charge on any atom is -0.326 e. The number of nitrogens with one attached hydrogen (secondary N) is 1. The molecule has 20 heavy (non-hydrogen) atoms. The fourth-order valence-corrected chi connectivity index (χ4v) is 2.00. The van der Waals surface area contributed by atoms with Crippen LogP contribution in [0.5, 0.6) is 0 Å². The minimum absolute atomic E-state index is 0.0108. The maximum absolute atomic E-state index is 11.8. The van der Waals surface area contributed by atoms with Crippen molar-refractivity contribution in [1.29, 1.82) is 0 Å². The first-order chi connectivity index (χ1) is 9.70. The van der Waals surface area contributed by atoms with E-state index in [-0.39, 0.29) is 5.91 Å². The Morgan fingerprint density at radius 3 is 2.95 bits per heavy atom. The average Bonchev–Trinajstić information content (AvgIpc) is 2.85. The van der Waals surface area contributed by atoms with E-state index in [0.29, 0.717) is 18.1 Å². The molecule has 1 heterocycles. The van der Waals surface area contributed by atoms with Gasteiger partial charge in [0.1, 0.15) is 0 Å². The molecule has 1 aromatic heterocycles. The fraction of sp³-hybridized carbons (Fsp3) is 0.385. The highest BCUT2D eigenvalue weighted by Gasteiger charge is 2.07. The van der Waals surface area contributed by atoms with Crippen LogP contribution >= 0.6 is 11.6 Å². The number of halogens is 1. The van der Waals surface area contributed by atoms with Gasteiger partial charge in [0, 0.05) is 30.6 Å². The summed E-state index contributed by atoms with van der Waals surface area (Å²) in [4.78, 5) is 11.8. The summed E-state index contributed by atoms with van der Waals surface area (Å²) in [6.07, 6.45) is 2.12. The van der Waals surface area contributed by atoms with Gasteiger partial charge in [-0.05, 0) is 35.4 Å². The molecule has 0 bridgehead atoms. The van der Waals surface area contributed by atoms with Crippen LogP contribution in [0.4, 0.5) is 5.69 Å². The summed E-state index contributed by atoms with van der Waals surface area (Å²) in [6, 6.07) is 7.45. The molecule has 1 N–H and O–H groups in total. The number of carbonyl (C=O) groups is 1. The Balaban J connectivity index is 2.03. The van der Waals surface area contributed by atoms with Gasteiger partial charge in [0.05, 0.1) is 0 Å². The summed E-state index contributed by atoms with van der Waals surface area (Å²) < 4.78 is 1.58. The van der Waals surface area contributed by atoms with E-state index in [1.54, 1.807) is 11.7 Å². The van der Waals surface area contributed by atoms with E-state index in [2.05, 4.69) is 20.8 Å². The van der Waals surface area contributed by atoms with Crippen LogP contribution in [0.2, 0.25) is 0 Å². The summed E-state index contributed by atoms with van der Waals surface area (Å²) in [6.45, 7) is 0. The van der Waals surface area contributed by atoms with Gasteiger partial charge < -0.3 is 5.32 Å². The second-order valence-corrected chi connectivity index (χ2v) is 4.78. The number of aromatic nitrogens is 4. The molecule has 0 saturated carbocycles. The van der Waals surface area contributed by atoms with Crippen molar-refractivity contribution in [3.63, 3.8) is 0 Å². The predicted molar refractivity (Wildman–Crippen MR) is 77.4 cm³/mol. The number of alkyl halides is 1. The maximum atomic E-state index is 11.8. The average molecular weight is 294 g/mol. The zero-order valence-corrected chi connectivity index (χ0v) is 12.0. The van der Waals surface area contributed by atoms with Gasteiger partial charge in [-0.1, -0.05) is 12.1 Å². The zero-order chi connectivity index (χ0) is 14.4. The molecule has 0 aliphatic rings. The lowest BCUT2D eigenvalue weighted by atomic mass is 10.2. The van der Waals surface area contributed by atoms with E-state index in [0.717, 1.165) is 24.1 Å².